The molecule has 104 valence electrons. The molecule has 20 heavy (non-hydrogen) atoms. The van der Waals surface area contributed by atoms with E-state index in [-0.39, 0.29) is 22.9 Å². The molecular weight excluding hydrogens is 325 g/mol. The van der Waals surface area contributed by atoms with Gasteiger partial charge in [-0.1, -0.05) is 29.3 Å². The van der Waals surface area contributed by atoms with Crippen molar-refractivity contribution in [3.63, 3.8) is 0 Å². The Morgan fingerprint density at radius 1 is 1.20 bits per heavy atom. The Kier molecular flexibility index (Phi) is 5.00. The van der Waals surface area contributed by atoms with Crippen LogP contribution in [0.15, 0.2) is 30.3 Å². The molecule has 0 aliphatic heterocycles. The Morgan fingerprint density at radius 2 is 2.00 bits per heavy atom. The minimum Gasteiger partial charge on any atom is -0.484 e. The highest BCUT2D eigenvalue weighted by atomic mass is 35.5. The fraction of sp³-hybridized carbons (Fsp3) is 0.0833. The van der Waals surface area contributed by atoms with E-state index in [4.69, 9.17) is 39.5 Å². The molecule has 0 spiro atoms. The van der Waals surface area contributed by atoms with Gasteiger partial charge in [-0.05, 0) is 29.8 Å². The van der Waals surface area contributed by atoms with Crippen molar-refractivity contribution < 1.29 is 9.53 Å². The fourth-order valence-corrected chi connectivity index (χ4v) is 1.93. The van der Waals surface area contributed by atoms with Crippen LogP contribution in [0, 0.1) is 0 Å². The van der Waals surface area contributed by atoms with Gasteiger partial charge in [-0.25, -0.2) is 9.97 Å². The van der Waals surface area contributed by atoms with Crippen LogP contribution in [0.1, 0.15) is 0 Å². The lowest BCUT2D eigenvalue weighted by molar-refractivity contribution is -0.118. The van der Waals surface area contributed by atoms with Gasteiger partial charge in [-0.15, -0.1) is 0 Å². The maximum absolute atomic E-state index is 11.7. The fourth-order valence-electron chi connectivity index (χ4n) is 1.34. The topological polar surface area (TPSA) is 64.1 Å². The van der Waals surface area contributed by atoms with E-state index in [0.29, 0.717) is 10.8 Å². The first-order chi connectivity index (χ1) is 9.52. The normalized spacial score (nSPS) is 10.2. The zero-order valence-electron chi connectivity index (χ0n) is 9.94. The van der Waals surface area contributed by atoms with Crippen LogP contribution in [-0.2, 0) is 4.79 Å². The van der Waals surface area contributed by atoms with Gasteiger partial charge >= 0.3 is 0 Å². The summed E-state index contributed by atoms with van der Waals surface area (Å²) in [6.07, 6.45) is 0. The summed E-state index contributed by atoms with van der Waals surface area (Å²) in [6, 6.07) is 8.11. The summed E-state index contributed by atoms with van der Waals surface area (Å²) >= 11 is 17.1. The van der Waals surface area contributed by atoms with Crippen LogP contribution in [-0.4, -0.2) is 22.5 Å². The largest absolute Gasteiger partial charge is 0.484 e. The molecule has 1 aromatic heterocycles. The molecule has 0 unspecified atom stereocenters. The molecule has 5 nitrogen and oxygen atoms in total. The molecule has 0 radical (unpaired) electrons. The highest BCUT2D eigenvalue weighted by Gasteiger charge is 2.07. The zero-order valence-corrected chi connectivity index (χ0v) is 12.2. The molecular formula is C12H8Cl3N3O2. The van der Waals surface area contributed by atoms with Crippen molar-refractivity contribution in [1.29, 1.82) is 0 Å². The molecule has 1 aromatic carbocycles. The smallest absolute Gasteiger partial charge is 0.263 e. The van der Waals surface area contributed by atoms with Crippen LogP contribution in [0.2, 0.25) is 15.5 Å². The van der Waals surface area contributed by atoms with Gasteiger partial charge in [0.1, 0.15) is 16.7 Å². The number of halogens is 3. The minimum atomic E-state index is -0.407. The molecule has 0 fully saturated rings. The summed E-state index contributed by atoms with van der Waals surface area (Å²) in [5.74, 6) is 0.289. The van der Waals surface area contributed by atoms with Crippen molar-refractivity contribution in [1.82, 2.24) is 9.97 Å². The van der Waals surface area contributed by atoms with Crippen LogP contribution in [0.25, 0.3) is 0 Å². The number of hydrogen-bond donors (Lipinski definition) is 1. The predicted octanol–water partition coefficient (Wildman–Crippen LogP) is 3.45. The van der Waals surface area contributed by atoms with Crippen molar-refractivity contribution in [3.05, 3.63) is 45.8 Å². The first-order valence-electron chi connectivity index (χ1n) is 5.41. The Labute approximate surface area is 129 Å². The average molecular weight is 333 g/mol. The number of rotatable bonds is 4. The molecule has 0 bridgehead atoms. The van der Waals surface area contributed by atoms with Crippen LogP contribution >= 0.6 is 34.8 Å². The third kappa shape index (κ3) is 4.52. The van der Waals surface area contributed by atoms with E-state index >= 15 is 0 Å². The summed E-state index contributed by atoms with van der Waals surface area (Å²) in [6.45, 7) is -0.195. The molecule has 8 heteroatoms. The van der Waals surface area contributed by atoms with Crippen molar-refractivity contribution in [2.24, 2.45) is 0 Å². The molecule has 0 saturated carbocycles. The number of benzene rings is 1. The van der Waals surface area contributed by atoms with E-state index in [2.05, 4.69) is 15.3 Å². The van der Waals surface area contributed by atoms with Crippen molar-refractivity contribution in [3.8, 4) is 5.75 Å². The van der Waals surface area contributed by atoms with E-state index in [0.717, 1.165) is 0 Å². The lowest BCUT2D eigenvalue weighted by Gasteiger charge is -2.07. The van der Waals surface area contributed by atoms with Crippen LogP contribution in [0.4, 0.5) is 5.82 Å². The highest BCUT2D eigenvalue weighted by molar-refractivity contribution is 6.32. The van der Waals surface area contributed by atoms with Gasteiger partial charge in [0.15, 0.2) is 6.61 Å². The first-order valence-corrected chi connectivity index (χ1v) is 6.54. The molecule has 0 aliphatic carbocycles. The summed E-state index contributed by atoms with van der Waals surface area (Å²) in [7, 11) is 0. The maximum Gasteiger partial charge on any atom is 0.263 e. The van der Waals surface area contributed by atoms with Crippen LogP contribution in [0.5, 0.6) is 5.75 Å². The lowest BCUT2D eigenvalue weighted by atomic mass is 10.3. The quantitative estimate of drug-likeness (QED) is 0.688. The molecule has 1 amide bonds. The minimum absolute atomic E-state index is 0.0523. The Morgan fingerprint density at radius 3 is 2.70 bits per heavy atom. The number of carbonyl (C=O) groups is 1. The number of nitrogens with one attached hydrogen (secondary N) is 1. The van der Waals surface area contributed by atoms with Gasteiger partial charge in [0.05, 0.1) is 0 Å². The number of nitrogens with zero attached hydrogens (tertiary/aromatic N) is 2. The van der Waals surface area contributed by atoms with Crippen LogP contribution < -0.4 is 10.1 Å². The molecule has 2 rings (SSSR count). The van der Waals surface area contributed by atoms with Gasteiger partial charge < -0.3 is 10.1 Å². The third-order valence-electron chi connectivity index (χ3n) is 2.10. The summed E-state index contributed by atoms with van der Waals surface area (Å²) in [5, 5.41) is 3.10. The van der Waals surface area contributed by atoms with Gasteiger partial charge in [-0.3, -0.25) is 4.79 Å². The molecule has 0 saturated heterocycles. The molecule has 2 aromatic rings. The van der Waals surface area contributed by atoms with Gasteiger partial charge in [0, 0.05) is 11.1 Å². The molecule has 1 N–H and O–H groups in total. The molecule has 1 heterocycles. The number of aromatic nitrogens is 2. The SMILES string of the molecule is O=C(COc1cccc(Cl)c1)Nc1cc(Cl)nc(Cl)n1. The van der Waals surface area contributed by atoms with E-state index in [1.165, 1.54) is 6.07 Å². The number of anilines is 1. The van der Waals surface area contributed by atoms with Crippen LogP contribution in [0.3, 0.4) is 0 Å². The number of carbonyl (C=O) groups excluding carboxylic acids is 1. The zero-order chi connectivity index (χ0) is 14.5. The van der Waals surface area contributed by atoms with E-state index < -0.39 is 5.91 Å². The number of amides is 1. The third-order valence-corrected chi connectivity index (χ3v) is 2.70. The average Bonchev–Trinajstić information content (AvgIpc) is 2.35. The first kappa shape index (κ1) is 14.8. The van der Waals surface area contributed by atoms with Crippen molar-refractivity contribution >= 4 is 46.5 Å². The van der Waals surface area contributed by atoms with E-state index in [1.807, 2.05) is 0 Å². The molecule has 0 atom stereocenters. The highest BCUT2D eigenvalue weighted by Crippen LogP contribution is 2.17. The summed E-state index contributed by atoms with van der Waals surface area (Å²) in [4.78, 5) is 19.1. The van der Waals surface area contributed by atoms with Crippen molar-refractivity contribution in [2.75, 3.05) is 11.9 Å². The summed E-state index contributed by atoms with van der Waals surface area (Å²) < 4.78 is 5.28. The second-order valence-corrected chi connectivity index (χ2v) is 4.80. The standard InChI is InChI=1S/C12H8Cl3N3O2/c13-7-2-1-3-8(4-7)20-6-11(19)17-10-5-9(14)16-12(15)18-10/h1-5H,6H2,(H,16,17,18,19). The van der Waals surface area contributed by atoms with E-state index in [9.17, 15) is 4.79 Å². The number of ether oxygens (including phenoxy) is 1. The van der Waals surface area contributed by atoms with Crippen molar-refractivity contribution in [2.45, 2.75) is 0 Å². The monoisotopic (exact) mass is 331 g/mol. The Bertz CT molecular complexity index is 617. The molecule has 0 aliphatic rings. The van der Waals surface area contributed by atoms with Gasteiger partial charge in [0.2, 0.25) is 5.28 Å². The predicted molar refractivity (Wildman–Crippen MR) is 77.6 cm³/mol. The second kappa shape index (κ2) is 6.74. The second-order valence-electron chi connectivity index (χ2n) is 3.64. The Hall–Kier alpha value is -1.56. The number of hydrogen-bond acceptors (Lipinski definition) is 4. The Balaban J connectivity index is 1.92. The van der Waals surface area contributed by atoms with Gasteiger partial charge in [-0.2, -0.15) is 0 Å². The van der Waals surface area contributed by atoms with Gasteiger partial charge in [0.25, 0.3) is 5.91 Å². The summed E-state index contributed by atoms with van der Waals surface area (Å²) in [5.41, 5.74) is 0. The van der Waals surface area contributed by atoms with E-state index in [1.54, 1.807) is 24.3 Å². The maximum atomic E-state index is 11.7. The lowest BCUT2D eigenvalue weighted by Crippen LogP contribution is -2.20.